The van der Waals surface area contributed by atoms with Crippen molar-refractivity contribution >= 4 is 17.9 Å². The molecule has 0 aliphatic rings. The molecule has 0 spiro atoms. The van der Waals surface area contributed by atoms with Crippen LogP contribution >= 0.6 is 0 Å². The number of carbonyl (C=O) groups excluding carboxylic acids is 3. The van der Waals surface area contributed by atoms with E-state index in [0.717, 1.165) is 154 Å². The van der Waals surface area contributed by atoms with Gasteiger partial charge < -0.3 is 14.2 Å². The van der Waals surface area contributed by atoms with Crippen molar-refractivity contribution in [2.24, 2.45) is 0 Å². The predicted octanol–water partition coefficient (Wildman–Crippen LogP) is 19.9. The summed E-state index contributed by atoms with van der Waals surface area (Å²) in [6, 6.07) is 0. The first-order chi connectivity index (χ1) is 37.0. The number of ether oxygens (including phenoxy) is 3. The van der Waals surface area contributed by atoms with Gasteiger partial charge in [-0.1, -0.05) is 228 Å². The summed E-state index contributed by atoms with van der Waals surface area (Å²) >= 11 is 0. The lowest BCUT2D eigenvalue weighted by Crippen LogP contribution is -2.30. The molecule has 0 radical (unpaired) electrons. The van der Waals surface area contributed by atoms with Crippen molar-refractivity contribution < 1.29 is 28.6 Å². The molecule has 0 saturated heterocycles. The first-order valence-electron chi connectivity index (χ1n) is 28.9. The van der Waals surface area contributed by atoms with Crippen LogP contribution < -0.4 is 0 Å². The molecule has 0 bridgehead atoms. The van der Waals surface area contributed by atoms with Crippen molar-refractivity contribution in [2.45, 2.75) is 207 Å². The fourth-order valence-electron chi connectivity index (χ4n) is 6.87. The number of esters is 3. The molecule has 75 heavy (non-hydrogen) atoms. The number of hydrogen-bond donors (Lipinski definition) is 0. The number of hydrogen-bond acceptors (Lipinski definition) is 6. The monoisotopic (exact) mass is 1030 g/mol. The zero-order chi connectivity index (χ0) is 54.3. The fourth-order valence-corrected chi connectivity index (χ4v) is 6.87. The van der Waals surface area contributed by atoms with Gasteiger partial charge in [0.05, 0.1) is 0 Å². The van der Waals surface area contributed by atoms with Gasteiger partial charge in [0.25, 0.3) is 0 Å². The lowest BCUT2D eigenvalue weighted by molar-refractivity contribution is -0.166. The zero-order valence-electron chi connectivity index (χ0n) is 47.2. The van der Waals surface area contributed by atoms with Crippen molar-refractivity contribution in [3.05, 3.63) is 194 Å². The summed E-state index contributed by atoms with van der Waals surface area (Å²) in [6.45, 7) is 6.15. The first kappa shape index (κ1) is 69.2. The molecule has 0 fully saturated rings. The van der Waals surface area contributed by atoms with Crippen LogP contribution in [0.25, 0.3) is 0 Å². The number of unbranched alkanes of at least 4 members (excludes halogenated alkanes) is 6. The summed E-state index contributed by atoms with van der Waals surface area (Å²) in [4.78, 5) is 38.2. The van der Waals surface area contributed by atoms with Crippen LogP contribution in [0.4, 0.5) is 0 Å². The Kier molecular flexibility index (Phi) is 56.1. The topological polar surface area (TPSA) is 78.9 Å². The molecule has 0 heterocycles. The van der Waals surface area contributed by atoms with E-state index in [4.69, 9.17) is 14.2 Å². The lowest BCUT2D eigenvalue weighted by atomic mass is 10.1. The van der Waals surface area contributed by atoms with E-state index in [1.807, 2.05) is 12.2 Å². The molecule has 6 heteroatoms. The Bertz CT molecular complexity index is 1760. The van der Waals surface area contributed by atoms with E-state index in [0.29, 0.717) is 6.42 Å². The van der Waals surface area contributed by atoms with Crippen molar-refractivity contribution in [2.75, 3.05) is 13.2 Å². The Morgan fingerprint density at radius 1 is 0.267 bits per heavy atom. The molecule has 0 aliphatic carbocycles. The summed E-state index contributed by atoms with van der Waals surface area (Å²) in [5.41, 5.74) is 0. The van der Waals surface area contributed by atoms with Crippen LogP contribution in [0, 0.1) is 0 Å². The second-order valence-electron chi connectivity index (χ2n) is 18.0. The largest absolute Gasteiger partial charge is 0.462 e. The van der Waals surface area contributed by atoms with Gasteiger partial charge in [0.15, 0.2) is 6.10 Å². The van der Waals surface area contributed by atoms with Crippen molar-refractivity contribution in [1.29, 1.82) is 0 Å². The second kappa shape index (κ2) is 60.8. The van der Waals surface area contributed by atoms with Gasteiger partial charge in [-0.3, -0.25) is 14.4 Å². The molecular formula is C69H102O6. The first-order valence-corrected chi connectivity index (χ1v) is 28.9. The van der Waals surface area contributed by atoms with Gasteiger partial charge in [0, 0.05) is 19.3 Å². The molecule has 6 nitrogen and oxygen atoms in total. The molecule has 414 valence electrons. The van der Waals surface area contributed by atoms with E-state index >= 15 is 0 Å². The standard InChI is InChI=1S/C69H102O6/c1-4-7-10-13-16-19-22-25-28-31-34-37-40-43-46-49-52-55-58-61-67(70)73-64-66(75-69(72)63-60-57-54-51-48-45-42-39-36-33-30-27-24-21-18-15-12-9-6-3)65-74-68(71)62-59-56-53-50-47-44-41-38-35-32-29-26-23-20-17-14-11-8-5-2/h7-12,16-21,25-30,34-39,43-48,54,57,66H,4-6,13-15,22-24,31-33,40-42,49-53,55-56,58-65H2,1-3H3/b10-7-,11-8-,12-9-,19-16-,20-17-,21-18-,28-25-,29-26-,30-27-,37-34-,38-35-,39-36-,46-43-,47-44-,48-45-,57-54-. The maximum atomic E-state index is 12.8. The fraction of sp³-hybridized carbons (Fsp3) is 0.493. The van der Waals surface area contributed by atoms with Gasteiger partial charge in [-0.25, -0.2) is 0 Å². The molecular weight excluding hydrogens is 925 g/mol. The van der Waals surface area contributed by atoms with Crippen molar-refractivity contribution in [3.8, 4) is 0 Å². The minimum Gasteiger partial charge on any atom is -0.462 e. The molecule has 0 amide bonds. The van der Waals surface area contributed by atoms with Crippen LogP contribution in [0.3, 0.4) is 0 Å². The highest BCUT2D eigenvalue weighted by Gasteiger charge is 2.19. The minimum atomic E-state index is -0.860. The maximum Gasteiger partial charge on any atom is 0.306 e. The van der Waals surface area contributed by atoms with Crippen LogP contribution in [-0.4, -0.2) is 37.2 Å². The third-order valence-electron chi connectivity index (χ3n) is 11.1. The Balaban J connectivity index is 4.68. The quantitative estimate of drug-likeness (QED) is 0.0261. The zero-order valence-corrected chi connectivity index (χ0v) is 47.2. The molecule has 0 aromatic heterocycles. The molecule has 0 unspecified atom stereocenters. The third-order valence-corrected chi connectivity index (χ3v) is 11.1. The molecule has 0 aromatic carbocycles. The van der Waals surface area contributed by atoms with E-state index in [1.54, 1.807) is 0 Å². The highest BCUT2D eigenvalue weighted by molar-refractivity contribution is 5.71. The Morgan fingerprint density at radius 3 is 0.773 bits per heavy atom. The second-order valence-corrected chi connectivity index (χ2v) is 18.0. The number of rotatable bonds is 49. The van der Waals surface area contributed by atoms with Crippen LogP contribution in [0.1, 0.15) is 201 Å². The molecule has 0 N–H and O–H groups in total. The average molecular weight is 1030 g/mol. The van der Waals surface area contributed by atoms with Gasteiger partial charge in [-0.15, -0.1) is 0 Å². The van der Waals surface area contributed by atoms with Gasteiger partial charge in [0.1, 0.15) is 13.2 Å². The van der Waals surface area contributed by atoms with Gasteiger partial charge in [0.2, 0.25) is 0 Å². The summed E-state index contributed by atoms with van der Waals surface area (Å²) in [6.07, 6.45) is 92.9. The van der Waals surface area contributed by atoms with Gasteiger partial charge >= 0.3 is 17.9 Å². The molecule has 0 rings (SSSR count). The number of allylic oxidation sites excluding steroid dienone is 32. The van der Waals surface area contributed by atoms with E-state index in [9.17, 15) is 14.4 Å². The van der Waals surface area contributed by atoms with E-state index in [-0.39, 0.29) is 44.4 Å². The normalized spacial score (nSPS) is 13.2. The Morgan fingerprint density at radius 2 is 0.507 bits per heavy atom. The Hall–Kier alpha value is -5.75. The van der Waals surface area contributed by atoms with E-state index < -0.39 is 12.1 Å². The van der Waals surface area contributed by atoms with Crippen molar-refractivity contribution in [1.82, 2.24) is 0 Å². The van der Waals surface area contributed by atoms with E-state index in [2.05, 4.69) is 203 Å². The van der Waals surface area contributed by atoms with Crippen LogP contribution in [0.5, 0.6) is 0 Å². The highest BCUT2D eigenvalue weighted by Crippen LogP contribution is 2.10. The van der Waals surface area contributed by atoms with Crippen LogP contribution in [-0.2, 0) is 28.6 Å². The SMILES string of the molecule is CC/C=C\C/C=C\C/C=C\C/C=C\C/C=C\C/C=C\CCC(=O)OC(COC(=O)CCCCC/C=C\C/C=C\C/C=C\C/C=C\C/C=C\CC)COC(=O)CCCCC/C=C\C/C=C\C/C=C\C/C=C\C/C=C\CC. The molecule has 0 aliphatic heterocycles. The summed E-state index contributed by atoms with van der Waals surface area (Å²) in [5, 5.41) is 0. The van der Waals surface area contributed by atoms with Gasteiger partial charge in [-0.05, 0) is 148 Å². The molecule has 0 aromatic rings. The third kappa shape index (κ3) is 59.0. The highest BCUT2D eigenvalue weighted by atomic mass is 16.6. The summed E-state index contributed by atoms with van der Waals surface area (Å²) < 4.78 is 16.7. The van der Waals surface area contributed by atoms with E-state index in [1.165, 1.54) is 0 Å². The number of carbonyl (C=O) groups is 3. The van der Waals surface area contributed by atoms with Crippen LogP contribution in [0.15, 0.2) is 194 Å². The van der Waals surface area contributed by atoms with Crippen LogP contribution in [0.2, 0.25) is 0 Å². The van der Waals surface area contributed by atoms with Gasteiger partial charge in [-0.2, -0.15) is 0 Å². The summed E-state index contributed by atoms with van der Waals surface area (Å²) in [7, 11) is 0. The minimum absolute atomic E-state index is 0.148. The smallest absolute Gasteiger partial charge is 0.306 e. The predicted molar refractivity (Wildman–Crippen MR) is 324 cm³/mol. The lowest BCUT2D eigenvalue weighted by Gasteiger charge is -2.18. The Labute approximate surface area is 458 Å². The molecule has 0 saturated carbocycles. The van der Waals surface area contributed by atoms with Crippen molar-refractivity contribution in [3.63, 3.8) is 0 Å². The molecule has 0 atom stereocenters. The average Bonchev–Trinajstić information content (AvgIpc) is 3.41. The summed E-state index contributed by atoms with van der Waals surface area (Å²) in [5.74, 6) is -1.11. The maximum absolute atomic E-state index is 12.8.